The molecule has 1 aliphatic rings. The van der Waals surface area contributed by atoms with Gasteiger partial charge in [-0.2, -0.15) is 0 Å². The number of nitrogens with zero attached hydrogens (tertiary/aromatic N) is 1. The molecule has 0 aromatic carbocycles. The highest BCUT2D eigenvalue weighted by molar-refractivity contribution is 5.83. The molecule has 1 fully saturated rings. The summed E-state index contributed by atoms with van der Waals surface area (Å²) in [5, 5.41) is 14.5. The molecule has 0 bridgehead atoms. The third-order valence-electron chi connectivity index (χ3n) is 3.67. The lowest BCUT2D eigenvalue weighted by atomic mass is 9.97. The van der Waals surface area contributed by atoms with Crippen LogP contribution in [0, 0.1) is 0 Å². The predicted octanol–water partition coefficient (Wildman–Crippen LogP) is 1.48. The number of ether oxygens (including phenoxy) is 2. The first-order valence-electron chi connectivity index (χ1n) is 9.16. The van der Waals surface area contributed by atoms with Gasteiger partial charge in [-0.3, -0.25) is 9.69 Å². The Hall–Kier alpha value is -2.52. The van der Waals surface area contributed by atoms with Gasteiger partial charge in [-0.1, -0.05) is 0 Å². The average molecular weight is 401 g/mol. The van der Waals surface area contributed by atoms with Crippen molar-refractivity contribution in [1.29, 1.82) is 0 Å². The van der Waals surface area contributed by atoms with Gasteiger partial charge in [-0.25, -0.2) is 14.4 Å². The number of nitrogens with one attached hydrogen (secondary N) is 2. The van der Waals surface area contributed by atoms with Crippen molar-refractivity contribution in [1.82, 2.24) is 15.5 Å². The molecule has 10 heteroatoms. The molecule has 1 heterocycles. The number of carbonyl (C=O) groups is 4. The van der Waals surface area contributed by atoms with Gasteiger partial charge in [0.15, 0.2) is 0 Å². The fourth-order valence-electron chi connectivity index (χ4n) is 2.61. The van der Waals surface area contributed by atoms with Gasteiger partial charge in [-0.15, -0.1) is 0 Å². The van der Waals surface area contributed by atoms with Crippen LogP contribution in [0.2, 0.25) is 0 Å². The van der Waals surface area contributed by atoms with Crippen LogP contribution < -0.4 is 10.6 Å². The molecule has 0 aromatic rings. The van der Waals surface area contributed by atoms with Gasteiger partial charge >= 0.3 is 18.2 Å². The predicted molar refractivity (Wildman–Crippen MR) is 99.8 cm³/mol. The molecule has 1 aliphatic heterocycles. The number of carboxylic acid groups (broad SMARTS) is 1. The second-order valence-corrected chi connectivity index (χ2v) is 8.67. The molecule has 1 saturated heterocycles. The van der Waals surface area contributed by atoms with Crippen LogP contribution in [0.25, 0.3) is 0 Å². The minimum Gasteiger partial charge on any atom is -0.480 e. The number of carboxylic acids is 1. The molecular weight excluding hydrogens is 370 g/mol. The van der Waals surface area contributed by atoms with E-state index in [0.29, 0.717) is 6.42 Å². The van der Waals surface area contributed by atoms with Crippen molar-refractivity contribution in [3.63, 3.8) is 0 Å². The van der Waals surface area contributed by atoms with E-state index in [4.69, 9.17) is 9.47 Å². The molecule has 2 unspecified atom stereocenters. The topological polar surface area (TPSA) is 134 Å². The quantitative estimate of drug-likeness (QED) is 0.649. The fraction of sp³-hybridized carbons (Fsp3) is 0.778. The molecule has 0 aliphatic carbocycles. The zero-order valence-electron chi connectivity index (χ0n) is 17.3. The van der Waals surface area contributed by atoms with Gasteiger partial charge in [0.2, 0.25) is 5.91 Å². The second-order valence-electron chi connectivity index (χ2n) is 8.67. The Kier molecular flexibility index (Phi) is 7.66. The lowest BCUT2D eigenvalue weighted by Crippen LogP contribution is -2.56. The molecule has 0 aromatic heterocycles. The first-order chi connectivity index (χ1) is 12.7. The summed E-state index contributed by atoms with van der Waals surface area (Å²) < 4.78 is 10.3. The Morgan fingerprint density at radius 3 is 2.11 bits per heavy atom. The Balaban J connectivity index is 2.57. The van der Waals surface area contributed by atoms with Gasteiger partial charge < -0.3 is 25.2 Å². The van der Waals surface area contributed by atoms with Crippen molar-refractivity contribution < 1.29 is 33.8 Å². The summed E-state index contributed by atoms with van der Waals surface area (Å²) in [6.45, 7) is 10.1. The second kappa shape index (κ2) is 9.11. The van der Waals surface area contributed by atoms with Gasteiger partial charge in [0.1, 0.15) is 23.8 Å². The van der Waals surface area contributed by atoms with E-state index in [0.717, 1.165) is 4.90 Å². The van der Waals surface area contributed by atoms with E-state index < -0.39 is 47.3 Å². The fourth-order valence-corrected chi connectivity index (χ4v) is 2.61. The van der Waals surface area contributed by atoms with Gasteiger partial charge in [0.25, 0.3) is 0 Å². The summed E-state index contributed by atoms with van der Waals surface area (Å²) in [4.78, 5) is 48.6. The summed E-state index contributed by atoms with van der Waals surface area (Å²) >= 11 is 0. The van der Waals surface area contributed by atoms with E-state index in [9.17, 15) is 24.3 Å². The standard InChI is InChI=1S/C18H31N3O7/c1-17(2,3)27-15(25)19-10-13(22)20-11-7-8-21(12(9-11)14(23)24)16(26)28-18(4,5)6/h11-12H,7-10H2,1-6H3,(H,19,25)(H,20,22)(H,23,24). The molecular formula is C18H31N3O7. The summed E-state index contributed by atoms with van der Waals surface area (Å²) in [6.07, 6.45) is -0.990. The van der Waals surface area contributed by atoms with Gasteiger partial charge in [-0.05, 0) is 54.4 Å². The van der Waals surface area contributed by atoms with Crippen LogP contribution in [0.15, 0.2) is 0 Å². The number of amides is 3. The van der Waals surface area contributed by atoms with E-state index in [2.05, 4.69) is 10.6 Å². The van der Waals surface area contributed by atoms with Crippen molar-refractivity contribution in [2.75, 3.05) is 13.1 Å². The van der Waals surface area contributed by atoms with Crippen molar-refractivity contribution in [2.24, 2.45) is 0 Å². The summed E-state index contributed by atoms with van der Waals surface area (Å²) in [5.41, 5.74) is -1.41. The Morgan fingerprint density at radius 2 is 1.61 bits per heavy atom. The molecule has 1 rings (SSSR count). The average Bonchev–Trinajstić information content (AvgIpc) is 2.49. The lowest BCUT2D eigenvalue weighted by Gasteiger charge is -2.38. The van der Waals surface area contributed by atoms with E-state index in [1.54, 1.807) is 41.5 Å². The minimum atomic E-state index is -1.17. The van der Waals surface area contributed by atoms with E-state index in [-0.39, 0.29) is 19.5 Å². The van der Waals surface area contributed by atoms with Crippen LogP contribution in [-0.2, 0) is 19.1 Å². The number of likely N-dealkylation sites (tertiary alicyclic amines) is 1. The van der Waals surface area contributed by atoms with Crippen molar-refractivity contribution in [2.45, 2.75) is 77.7 Å². The first-order valence-corrected chi connectivity index (χ1v) is 9.16. The SMILES string of the molecule is CC(C)(C)OC(=O)NCC(=O)NC1CCN(C(=O)OC(C)(C)C)C(C(=O)O)C1. The maximum Gasteiger partial charge on any atom is 0.411 e. The van der Waals surface area contributed by atoms with E-state index in [1.165, 1.54) is 0 Å². The molecule has 0 spiro atoms. The Bertz CT molecular complexity index is 607. The molecule has 0 saturated carbocycles. The van der Waals surface area contributed by atoms with E-state index in [1.807, 2.05) is 0 Å². The zero-order valence-corrected chi connectivity index (χ0v) is 17.3. The number of carbonyl (C=O) groups excluding carboxylic acids is 3. The molecule has 3 N–H and O–H groups in total. The summed E-state index contributed by atoms with van der Waals surface area (Å²) in [5.74, 6) is -1.64. The Morgan fingerprint density at radius 1 is 1.04 bits per heavy atom. The van der Waals surface area contributed by atoms with Crippen molar-refractivity contribution >= 4 is 24.1 Å². The highest BCUT2D eigenvalue weighted by Gasteiger charge is 2.38. The van der Waals surface area contributed by atoms with E-state index >= 15 is 0 Å². The number of aliphatic carboxylic acids is 1. The number of rotatable bonds is 4. The zero-order chi connectivity index (χ0) is 21.7. The van der Waals surface area contributed by atoms with Crippen LogP contribution in [0.1, 0.15) is 54.4 Å². The maximum absolute atomic E-state index is 12.2. The van der Waals surface area contributed by atoms with Crippen LogP contribution in [0.5, 0.6) is 0 Å². The molecule has 28 heavy (non-hydrogen) atoms. The summed E-state index contributed by atoms with van der Waals surface area (Å²) in [6, 6.07) is -1.54. The number of hydrogen-bond acceptors (Lipinski definition) is 6. The molecule has 3 amide bonds. The highest BCUT2D eigenvalue weighted by atomic mass is 16.6. The maximum atomic E-state index is 12.2. The molecule has 10 nitrogen and oxygen atoms in total. The molecule has 0 radical (unpaired) electrons. The van der Waals surface area contributed by atoms with Crippen molar-refractivity contribution in [3.05, 3.63) is 0 Å². The third kappa shape index (κ3) is 8.45. The van der Waals surface area contributed by atoms with Gasteiger partial charge in [0, 0.05) is 12.6 Å². The van der Waals surface area contributed by atoms with Crippen LogP contribution in [0.4, 0.5) is 9.59 Å². The molecule has 2 atom stereocenters. The number of alkyl carbamates (subject to hydrolysis) is 1. The highest BCUT2D eigenvalue weighted by Crippen LogP contribution is 2.21. The largest absolute Gasteiger partial charge is 0.480 e. The normalized spacial score (nSPS) is 20.1. The monoisotopic (exact) mass is 401 g/mol. The third-order valence-corrected chi connectivity index (χ3v) is 3.67. The van der Waals surface area contributed by atoms with Crippen LogP contribution in [0.3, 0.4) is 0 Å². The summed E-state index contributed by atoms with van der Waals surface area (Å²) in [7, 11) is 0. The van der Waals surface area contributed by atoms with Gasteiger partial charge in [0.05, 0.1) is 0 Å². The Labute approximate surface area is 164 Å². The smallest absolute Gasteiger partial charge is 0.411 e. The number of hydrogen-bond donors (Lipinski definition) is 3. The minimum absolute atomic E-state index is 0.0484. The van der Waals surface area contributed by atoms with Crippen LogP contribution >= 0.6 is 0 Å². The van der Waals surface area contributed by atoms with Crippen LogP contribution in [-0.4, -0.2) is 70.4 Å². The molecule has 160 valence electrons. The van der Waals surface area contributed by atoms with Crippen molar-refractivity contribution in [3.8, 4) is 0 Å². The first kappa shape index (κ1) is 23.5. The number of piperidine rings is 1. The lowest BCUT2D eigenvalue weighted by molar-refractivity contribution is -0.145.